The number of hydrogen-bond acceptors (Lipinski definition) is 2. The van der Waals surface area contributed by atoms with Gasteiger partial charge >= 0.3 is 5.97 Å². The molecule has 108 valence electrons. The highest BCUT2D eigenvalue weighted by Crippen LogP contribution is 2.28. The second-order valence-electron chi connectivity index (χ2n) is 5.24. The summed E-state index contributed by atoms with van der Waals surface area (Å²) in [5.74, 6) is -1.68. The Labute approximate surface area is 117 Å². The zero-order chi connectivity index (χ0) is 14.5. The number of amides is 1. The van der Waals surface area contributed by atoms with E-state index >= 15 is 0 Å². The van der Waals surface area contributed by atoms with Crippen molar-refractivity contribution in [1.29, 1.82) is 0 Å². The first kappa shape index (κ1) is 14.5. The van der Waals surface area contributed by atoms with Crippen molar-refractivity contribution in [3.05, 3.63) is 29.6 Å². The van der Waals surface area contributed by atoms with E-state index in [1.807, 2.05) is 0 Å². The van der Waals surface area contributed by atoms with Crippen molar-refractivity contribution >= 4 is 17.6 Å². The van der Waals surface area contributed by atoms with Crippen molar-refractivity contribution in [3.8, 4) is 0 Å². The van der Waals surface area contributed by atoms with Crippen LogP contribution in [-0.2, 0) is 4.79 Å². The standard InChI is InChI=1S/C15H18FNO3/c16-13-9-11(6-7-12(13)15(19)20)17-14(18)8-5-10-3-1-2-4-10/h6-7,9-10H,1-5,8H2,(H,17,18)(H,19,20). The average molecular weight is 279 g/mol. The highest BCUT2D eigenvalue weighted by Gasteiger charge is 2.16. The molecule has 0 atom stereocenters. The predicted octanol–water partition coefficient (Wildman–Crippen LogP) is 3.43. The van der Waals surface area contributed by atoms with Crippen molar-refractivity contribution in [2.75, 3.05) is 5.32 Å². The normalized spacial score (nSPS) is 15.2. The van der Waals surface area contributed by atoms with Crippen LogP contribution in [0.5, 0.6) is 0 Å². The van der Waals surface area contributed by atoms with Gasteiger partial charge < -0.3 is 10.4 Å². The third kappa shape index (κ3) is 3.79. The fourth-order valence-electron chi connectivity index (χ4n) is 2.62. The summed E-state index contributed by atoms with van der Waals surface area (Å²) >= 11 is 0. The van der Waals surface area contributed by atoms with E-state index in [0.717, 1.165) is 18.6 Å². The van der Waals surface area contributed by atoms with Crippen LogP contribution in [0.4, 0.5) is 10.1 Å². The summed E-state index contributed by atoms with van der Waals surface area (Å²) in [5, 5.41) is 11.3. The number of carboxylic acid groups (broad SMARTS) is 1. The van der Waals surface area contributed by atoms with Gasteiger partial charge in [0.05, 0.1) is 5.56 Å². The monoisotopic (exact) mass is 279 g/mol. The van der Waals surface area contributed by atoms with Gasteiger partial charge in [-0.05, 0) is 30.5 Å². The lowest BCUT2D eigenvalue weighted by atomic mass is 10.0. The van der Waals surface area contributed by atoms with Crippen molar-refractivity contribution in [1.82, 2.24) is 0 Å². The molecule has 1 saturated carbocycles. The van der Waals surface area contributed by atoms with Gasteiger partial charge in [0.15, 0.2) is 0 Å². The van der Waals surface area contributed by atoms with Gasteiger partial charge in [0.2, 0.25) is 5.91 Å². The van der Waals surface area contributed by atoms with Crippen LogP contribution in [0, 0.1) is 11.7 Å². The summed E-state index contributed by atoms with van der Waals surface area (Å²) < 4.78 is 13.5. The molecule has 1 aliphatic rings. The first-order valence-electron chi connectivity index (χ1n) is 6.89. The third-order valence-electron chi connectivity index (χ3n) is 3.74. The second-order valence-corrected chi connectivity index (χ2v) is 5.24. The maximum atomic E-state index is 13.5. The van der Waals surface area contributed by atoms with Gasteiger partial charge in [-0.2, -0.15) is 0 Å². The molecule has 0 aliphatic heterocycles. The summed E-state index contributed by atoms with van der Waals surface area (Å²) in [4.78, 5) is 22.4. The van der Waals surface area contributed by atoms with Crippen LogP contribution in [0.1, 0.15) is 48.9 Å². The summed E-state index contributed by atoms with van der Waals surface area (Å²) in [6.07, 6.45) is 6.15. The van der Waals surface area contributed by atoms with Crippen molar-refractivity contribution < 1.29 is 19.1 Å². The molecule has 0 aromatic heterocycles. The SMILES string of the molecule is O=C(CCC1CCCC1)Nc1ccc(C(=O)O)c(F)c1. The van der Waals surface area contributed by atoms with Gasteiger partial charge in [-0.1, -0.05) is 25.7 Å². The van der Waals surface area contributed by atoms with E-state index < -0.39 is 17.3 Å². The van der Waals surface area contributed by atoms with E-state index in [-0.39, 0.29) is 5.91 Å². The molecule has 1 amide bonds. The molecule has 20 heavy (non-hydrogen) atoms. The Bertz CT molecular complexity index is 510. The van der Waals surface area contributed by atoms with E-state index in [0.29, 0.717) is 18.0 Å². The first-order chi connectivity index (χ1) is 9.56. The Morgan fingerprint density at radius 2 is 2.00 bits per heavy atom. The number of hydrogen-bond donors (Lipinski definition) is 2. The van der Waals surface area contributed by atoms with Crippen molar-refractivity contribution in [3.63, 3.8) is 0 Å². The Balaban J connectivity index is 1.87. The number of carboxylic acids is 1. The molecular formula is C15H18FNO3. The van der Waals surface area contributed by atoms with Gasteiger partial charge in [0.1, 0.15) is 5.82 Å². The lowest BCUT2D eigenvalue weighted by Crippen LogP contribution is -2.13. The summed E-state index contributed by atoms with van der Waals surface area (Å²) in [7, 11) is 0. The quantitative estimate of drug-likeness (QED) is 0.867. The number of nitrogens with one attached hydrogen (secondary N) is 1. The maximum absolute atomic E-state index is 13.5. The molecule has 0 heterocycles. The summed E-state index contributed by atoms with van der Waals surface area (Å²) in [5.41, 5.74) is -0.0992. The number of benzene rings is 1. The van der Waals surface area contributed by atoms with Gasteiger partial charge in [-0.3, -0.25) is 4.79 Å². The largest absolute Gasteiger partial charge is 0.478 e. The van der Waals surface area contributed by atoms with Crippen LogP contribution in [0.3, 0.4) is 0 Å². The van der Waals surface area contributed by atoms with Gasteiger partial charge in [-0.25, -0.2) is 9.18 Å². The van der Waals surface area contributed by atoms with Crippen LogP contribution in [-0.4, -0.2) is 17.0 Å². The number of anilines is 1. The molecule has 0 saturated heterocycles. The molecule has 0 bridgehead atoms. The molecule has 2 rings (SSSR count). The third-order valence-corrected chi connectivity index (χ3v) is 3.74. The van der Waals surface area contributed by atoms with E-state index in [1.165, 1.54) is 31.7 Å². The van der Waals surface area contributed by atoms with Crippen molar-refractivity contribution in [2.45, 2.75) is 38.5 Å². The second kappa shape index (κ2) is 6.50. The molecular weight excluding hydrogens is 261 g/mol. The van der Waals surface area contributed by atoms with E-state index in [1.54, 1.807) is 0 Å². The highest BCUT2D eigenvalue weighted by atomic mass is 19.1. The Kier molecular flexibility index (Phi) is 4.71. The molecule has 1 aliphatic carbocycles. The van der Waals surface area contributed by atoms with Crippen LogP contribution in [0.15, 0.2) is 18.2 Å². The molecule has 1 fully saturated rings. The van der Waals surface area contributed by atoms with E-state index in [9.17, 15) is 14.0 Å². The lowest BCUT2D eigenvalue weighted by Gasteiger charge is -2.09. The first-order valence-corrected chi connectivity index (χ1v) is 6.89. The highest BCUT2D eigenvalue weighted by molar-refractivity contribution is 5.92. The molecule has 1 aromatic carbocycles. The number of halogens is 1. The predicted molar refractivity (Wildman–Crippen MR) is 73.2 cm³/mol. The maximum Gasteiger partial charge on any atom is 0.338 e. The molecule has 5 heteroatoms. The van der Waals surface area contributed by atoms with Gasteiger partial charge in [-0.15, -0.1) is 0 Å². The van der Waals surface area contributed by atoms with Gasteiger partial charge in [0.25, 0.3) is 0 Å². The van der Waals surface area contributed by atoms with E-state index in [4.69, 9.17) is 5.11 Å². The summed E-state index contributed by atoms with van der Waals surface area (Å²) in [6.45, 7) is 0. The van der Waals surface area contributed by atoms with Crippen LogP contribution < -0.4 is 5.32 Å². The zero-order valence-corrected chi connectivity index (χ0v) is 11.2. The lowest BCUT2D eigenvalue weighted by molar-refractivity contribution is -0.116. The molecule has 1 aromatic rings. The topological polar surface area (TPSA) is 66.4 Å². The molecule has 2 N–H and O–H groups in total. The van der Waals surface area contributed by atoms with Crippen molar-refractivity contribution in [2.24, 2.45) is 5.92 Å². The Hall–Kier alpha value is -1.91. The Morgan fingerprint density at radius 1 is 1.30 bits per heavy atom. The molecule has 0 unspecified atom stereocenters. The van der Waals surface area contributed by atoms with Crippen LogP contribution >= 0.6 is 0 Å². The summed E-state index contributed by atoms with van der Waals surface area (Å²) in [6, 6.07) is 3.60. The number of aromatic carboxylic acids is 1. The number of rotatable bonds is 5. The molecule has 4 nitrogen and oxygen atoms in total. The number of carbonyl (C=O) groups is 2. The van der Waals surface area contributed by atoms with Gasteiger partial charge in [0, 0.05) is 12.1 Å². The molecule has 0 radical (unpaired) electrons. The number of carbonyl (C=O) groups excluding carboxylic acids is 1. The smallest absolute Gasteiger partial charge is 0.338 e. The fourth-order valence-corrected chi connectivity index (χ4v) is 2.62. The van der Waals surface area contributed by atoms with Crippen LogP contribution in [0.2, 0.25) is 0 Å². The zero-order valence-electron chi connectivity index (χ0n) is 11.2. The fraction of sp³-hybridized carbons (Fsp3) is 0.467. The minimum Gasteiger partial charge on any atom is -0.478 e. The van der Waals surface area contributed by atoms with Crippen LogP contribution in [0.25, 0.3) is 0 Å². The average Bonchev–Trinajstić information content (AvgIpc) is 2.89. The Morgan fingerprint density at radius 3 is 2.60 bits per heavy atom. The minimum atomic E-state index is -1.32. The molecule has 0 spiro atoms. The minimum absolute atomic E-state index is 0.153. The van der Waals surface area contributed by atoms with E-state index in [2.05, 4.69) is 5.32 Å².